The molecule has 3 aliphatic rings. The van der Waals surface area contributed by atoms with Crippen molar-refractivity contribution in [3.8, 4) is 22.8 Å². The van der Waals surface area contributed by atoms with E-state index in [9.17, 15) is 32.3 Å². The molecule has 0 radical (unpaired) electrons. The average molecular weight is 713 g/mol. The van der Waals surface area contributed by atoms with Crippen molar-refractivity contribution in [3.05, 3.63) is 70.5 Å². The quantitative estimate of drug-likeness (QED) is 0.216. The molecule has 3 fully saturated rings. The number of aromatic amines is 1. The lowest BCUT2D eigenvalue weighted by Gasteiger charge is -2.35. The summed E-state index contributed by atoms with van der Waals surface area (Å²) in [6, 6.07) is 6.09. The van der Waals surface area contributed by atoms with Crippen LogP contribution < -0.4 is 15.5 Å². The van der Waals surface area contributed by atoms with E-state index in [-0.39, 0.29) is 52.9 Å². The van der Waals surface area contributed by atoms with Crippen molar-refractivity contribution in [2.75, 3.05) is 39.3 Å². The van der Waals surface area contributed by atoms with Gasteiger partial charge in [-0.15, -0.1) is 4.73 Å². The van der Waals surface area contributed by atoms with E-state index in [4.69, 9.17) is 16.4 Å². The van der Waals surface area contributed by atoms with E-state index in [1.165, 1.54) is 30.6 Å². The van der Waals surface area contributed by atoms with Gasteiger partial charge < -0.3 is 25.3 Å². The minimum Gasteiger partial charge on any atom is -0.345 e. The minimum absolute atomic E-state index is 0.0728. The van der Waals surface area contributed by atoms with Crippen LogP contribution in [0.15, 0.2) is 42.9 Å². The summed E-state index contributed by atoms with van der Waals surface area (Å²) in [5.74, 6) is -0.782. The molecule has 0 bridgehead atoms. The summed E-state index contributed by atoms with van der Waals surface area (Å²) in [5, 5.41) is 11.6. The normalized spacial score (nSPS) is 20.0. The number of carbonyl (C=O) groups is 4. The van der Waals surface area contributed by atoms with Crippen LogP contribution in [-0.4, -0.2) is 103 Å². The van der Waals surface area contributed by atoms with E-state index >= 15 is 0 Å². The number of piperazine rings is 1. The molecular formula is C31H28ClF3N10O5. The fraction of sp³-hybridized carbons (Fsp3) is 0.355. The zero-order valence-corrected chi connectivity index (χ0v) is 26.7. The van der Waals surface area contributed by atoms with Gasteiger partial charge in [-0.05, 0) is 48.7 Å². The molecule has 2 saturated heterocycles. The molecule has 50 heavy (non-hydrogen) atoms. The van der Waals surface area contributed by atoms with Crippen LogP contribution in [0.25, 0.3) is 22.8 Å². The van der Waals surface area contributed by atoms with E-state index in [1.54, 1.807) is 11.0 Å². The Hall–Kier alpha value is -5.36. The van der Waals surface area contributed by atoms with Gasteiger partial charge in [0, 0.05) is 51.0 Å². The highest BCUT2D eigenvalue weighted by Crippen LogP contribution is 2.49. The summed E-state index contributed by atoms with van der Waals surface area (Å²) in [6.07, 6.45) is -1.40. The maximum Gasteiger partial charge on any atom is 0.435 e. The summed E-state index contributed by atoms with van der Waals surface area (Å²) in [5.41, 5.74) is -1.90. The second-order valence-electron chi connectivity index (χ2n) is 12.0. The first-order chi connectivity index (χ1) is 24.1. The van der Waals surface area contributed by atoms with Gasteiger partial charge in [0.05, 0.1) is 22.3 Å². The van der Waals surface area contributed by atoms with Gasteiger partial charge in [0.15, 0.2) is 11.5 Å². The number of piperidine rings is 1. The molecule has 1 aromatic carbocycles. The molecule has 260 valence electrons. The molecule has 2 atom stereocenters. The topological polar surface area (TPSA) is 180 Å². The van der Waals surface area contributed by atoms with Crippen LogP contribution in [0, 0.1) is 17.8 Å². The molecule has 1 saturated carbocycles. The van der Waals surface area contributed by atoms with E-state index < -0.39 is 34.9 Å². The predicted octanol–water partition coefficient (Wildman–Crippen LogP) is 1.67. The maximum atomic E-state index is 14.0. The molecule has 0 unspecified atom stereocenters. The molecule has 2 aliphatic heterocycles. The fourth-order valence-electron chi connectivity index (χ4n) is 6.59. The molecule has 1 aliphatic carbocycles. The summed E-state index contributed by atoms with van der Waals surface area (Å²) >= 11 is 6.49. The number of carbonyl (C=O) groups excluding carboxylic acids is 4. The minimum atomic E-state index is -4.95. The average Bonchev–Trinajstić information content (AvgIpc) is 3.52. The summed E-state index contributed by atoms with van der Waals surface area (Å²) in [4.78, 5) is 71.0. The van der Waals surface area contributed by atoms with Gasteiger partial charge in [0.2, 0.25) is 11.7 Å². The van der Waals surface area contributed by atoms with Crippen LogP contribution in [0.2, 0.25) is 5.02 Å². The van der Waals surface area contributed by atoms with Gasteiger partial charge in [-0.3, -0.25) is 24.3 Å². The summed E-state index contributed by atoms with van der Waals surface area (Å²) in [7, 11) is 0. The summed E-state index contributed by atoms with van der Waals surface area (Å²) < 4.78 is 42.5. The number of halogens is 4. The second-order valence-corrected chi connectivity index (χ2v) is 12.4. The number of hydrogen-bond acceptors (Lipinski definition) is 10. The van der Waals surface area contributed by atoms with Crippen molar-refractivity contribution in [2.24, 2.45) is 17.8 Å². The molecule has 19 heteroatoms. The van der Waals surface area contributed by atoms with Crippen molar-refractivity contribution in [2.45, 2.75) is 12.7 Å². The Morgan fingerprint density at radius 1 is 1.04 bits per heavy atom. The molecule has 5 heterocycles. The molecule has 3 aromatic heterocycles. The predicted molar refractivity (Wildman–Crippen MR) is 167 cm³/mol. The number of aromatic nitrogens is 6. The van der Waals surface area contributed by atoms with Crippen LogP contribution in [0.3, 0.4) is 0 Å². The molecule has 7 rings (SSSR count). The number of imidazole rings is 1. The number of alkyl halides is 3. The van der Waals surface area contributed by atoms with Gasteiger partial charge in [-0.25, -0.2) is 15.0 Å². The Balaban J connectivity index is 1.02. The number of H-pyrrole nitrogens is 1. The summed E-state index contributed by atoms with van der Waals surface area (Å²) in [6.45, 7) is 3.19. The van der Waals surface area contributed by atoms with Crippen LogP contribution >= 0.6 is 11.6 Å². The highest BCUT2D eigenvalue weighted by molar-refractivity contribution is 6.33. The molecule has 15 nitrogen and oxygen atoms in total. The lowest BCUT2D eigenvalue weighted by Crippen LogP contribution is -2.51. The zero-order chi connectivity index (χ0) is 35.2. The first kappa shape index (κ1) is 33.2. The van der Waals surface area contributed by atoms with Crippen LogP contribution in [0.4, 0.5) is 13.2 Å². The van der Waals surface area contributed by atoms with Crippen molar-refractivity contribution in [1.82, 2.24) is 50.3 Å². The van der Waals surface area contributed by atoms with Gasteiger partial charge in [0.1, 0.15) is 11.4 Å². The Kier molecular flexibility index (Phi) is 8.73. The Bertz CT molecular complexity index is 1950. The molecule has 0 spiro atoms. The van der Waals surface area contributed by atoms with Crippen LogP contribution in [0.1, 0.15) is 32.2 Å². The first-order valence-electron chi connectivity index (χ1n) is 15.5. The molecular weight excluding hydrogens is 685 g/mol. The van der Waals surface area contributed by atoms with Gasteiger partial charge in [-0.2, -0.15) is 18.3 Å². The monoisotopic (exact) mass is 712 g/mol. The number of nitrogens with one attached hydrogen (secondary N) is 3. The number of hydrogen-bond donors (Lipinski definition) is 3. The number of rotatable bonds is 9. The van der Waals surface area contributed by atoms with Gasteiger partial charge in [-0.1, -0.05) is 17.7 Å². The lowest BCUT2D eigenvalue weighted by atomic mass is 10.1. The van der Waals surface area contributed by atoms with Gasteiger partial charge >= 0.3 is 12.6 Å². The molecule has 3 N–H and O–H groups in total. The Morgan fingerprint density at radius 3 is 2.40 bits per heavy atom. The lowest BCUT2D eigenvalue weighted by molar-refractivity contribution is -0.140. The zero-order valence-electron chi connectivity index (χ0n) is 26.0. The highest BCUT2D eigenvalue weighted by atomic mass is 35.5. The van der Waals surface area contributed by atoms with E-state index in [2.05, 4.69) is 35.8 Å². The van der Waals surface area contributed by atoms with Crippen molar-refractivity contribution >= 4 is 35.8 Å². The third-order valence-electron chi connectivity index (χ3n) is 9.12. The van der Waals surface area contributed by atoms with E-state index in [0.29, 0.717) is 48.3 Å². The van der Waals surface area contributed by atoms with Crippen LogP contribution in [0.5, 0.6) is 0 Å². The largest absolute Gasteiger partial charge is 0.435 e. The van der Waals surface area contributed by atoms with E-state index in [1.807, 2.05) is 4.90 Å². The smallest absolute Gasteiger partial charge is 0.345 e. The SMILES string of the molecule is O=COn1c(-c2c(C(F)(F)F)n[nH]c2-c2ncccn2)cnc1C(=O)NCc1ccc(C(=O)N2CCN(C(=O)C3[C@@H]4CNC[C@@H]34)CC2)c(Cl)c1. The van der Waals surface area contributed by atoms with Crippen molar-refractivity contribution < 1.29 is 37.2 Å². The number of amides is 3. The third kappa shape index (κ3) is 6.15. The molecule has 4 aromatic rings. The highest BCUT2D eigenvalue weighted by Gasteiger charge is 2.58. The van der Waals surface area contributed by atoms with Crippen LogP contribution in [-0.2, 0) is 22.3 Å². The number of benzene rings is 1. The Labute approximate surface area is 286 Å². The van der Waals surface area contributed by atoms with Crippen molar-refractivity contribution in [1.29, 1.82) is 0 Å². The van der Waals surface area contributed by atoms with Gasteiger partial charge in [0.25, 0.3) is 11.8 Å². The number of fused-ring (bicyclic) bond motifs is 1. The third-order valence-corrected chi connectivity index (χ3v) is 9.44. The number of nitrogens with zero attached hydrogens (tertiary/aromatic N) is 7. The second kappa shape index (κ2) is 13.2. The molecule has 3 amide bonds. The van der Waals surface area contributed by atoms with Crippen molar-refractivity contribution in [3.63, 3.8) is 0 Å². The Morgan fingerprint density at radius 2 is 1.74 bits per heavy atom. The van der Waals surface area contributed by atoms with E-state index in [0.717, 1.165) is 19.3 Å². The fourth-order valence-corrected chi connectivity index (χ4v) is 6.88. The standard InChI is InChI=1S/C31H28ClF3N10O5/c32-20-10-16(2-3-17(20)29(48)43-6-8-44(9-7-43)30(49)22-18-12-36-13-19(18)22)11-40-28(47)27-39-14-21(45(27)50-15-46)23-24(26-37-4-1-5-38-26)41-42-25(23)31(33,34)35/h1-5,10,14-15,18-19,22,36H,6-9,11-13H2,(H,40,47)(H,41,42)/t18-,19-/m1/s1. The first-order valence-corrected chi connectivity index (χ1v) is 15.9. The maximum absolute atomic E-state index is 14.0.